The number of methoxy groups -OCH3 is 1. The standard InChI is InChI=1S/C16H18N2O2/c1-18(14-7-4-8-15(11-14)20-2)16(19)10-12-5-3-6-13(17)9-12/h3-9,11H,10,17H2,1-2H3. The van der Waals surface area contributed by atoms with Gasteiger partial charge in [-0.15, -0.1) is 0 Å². The molecule has 0 saturated carbocycles. The zero-order valence-corrected chi connectivity index (χ0v) is 11.7. The third-order valence-corrected chi connectivity index (χ3v) is 3.12. The second-order valence-corrected chi connectivity index (χ2v) is 4.58. The second kappa shape index (κ2) is 6.10. The van der Waals surface area contributed by atoms with E-state index in [1.54, 1.807) is 25.1 Å². The lowest BCUT2D eigenvalue weighted by Crippen LogP contribution is -2.27. The number of amides is 1. The maximum atomic E-state index is 12.3. The summed E-state index contributed by atoms with van der Waals surface area (Å²) in [6, 6.07) is 14.8. The number of ether oxygens (including phenoxy) is 1. The average molecular weight is 270 g/mol. The molecule has 4 heteroatoms. The van der Waals surface area contributed by atoms with Gasteiger partial charge in [-0.25, -0.2) is 0 Å². The van der Waals surface area contributed by atoms with E-state index in [1.165, 1.54) is 0 Å². The van der Waals surface area contributed by atoms with Crippen molar-refractivity contribution in [2.24, 2.45) is 0 Å². The van der Waals surface area contributed by atoms with Crippen LogP contribution in [0.15, 0.2) is 48.5 Å². The molecule has 0 bridgehead atoms. The molecule has 0 heterocycles. The molecule has 104 valence electrons. The molecule has 0 atom stereocenters. The Hall–Kier alpha value is -2.49. The highest BCUT2D eigenvalue weighted by molar-refractivity contribution is 5.94. The summed E-state index contributed by atoms with van der Waals surface area (Å²) in [5, 5.41) is 0. The molecule has 0 saturated heterocycles. The van der Waals surface area contributed by atoms with Crippen molar-refractivity contribution < 1.29 is 9.53 Å². The van der Waals surface area contributed by atoms with Crippen molar-refractivity contribution >= 4 is 17.3 Å². The van der Waals surface area contributed by atoms with Crippen molar-refractivity contribution in [1.82, 2.24) is 0 Å². The fourth-order valence-electron chi connectivity index (χ4n) is 1.96. The van der Waals surface area contributed by atoms with Crippen LogP contribution in [0.2, 0.25) is 0 Å². The Balaban J connectivity index is 2.12. The summed E-state index contributed by atoms with van der Waals surface area (Å²) in [6.07, 6.45) is 0.318. The summed E-state index contributed by atoms with van der Waals surface area (Å²) in [7, 11) is 3.36. The van der Waals surface area contributed by atoms with Crippen molar-refractivity contribution in [2.45, 2.75) is 6.42 Å². The molecule has 2 aromatic rings. The van der Waals surface area contributed by atoms with Crippen LogP contribution < -0.4 is 15.4 Å². The quantitative estimate of drug-likeness (QED) is 0.868. The monoisotopic (exact) mass is 270 g/mol. The molecular formula is C16H18N2O2. The molecule has 0 fully saturated rings. The van der Waals surface area contributed by atoms with Crippen LogP contribution in [0.5, 0.6) is 5.75 Å². The van der Waals surface area contributed by atoms with Crippen LogP contribution in [-0.4, -0.2) is 20.1 Å². The molecule has 0 aliphatic heterocycles. The van der Waals surface area contributed by atoms with E-state index in [0.29, 0.717) is 12.1 Å². The van der Waals surface area contributed by atoms with E-state index in [2.05, 4.69) is 0 Å². The topological polar surface area (TPSA) is 55.6 Å². The van der Waals surface area contributed by atoms with Gasteiger partial charge in [-0.1, -0.05) is 18.2 Å². The zero-order valence-electron chi connectivity index (χ0n) is 11.7. The third-order valence-electron chi connectivity index (χ3n) is 3.12. The molecule has 2 N–H and O–H groups in total. The number of nitrogen functional groups attached to an aromatic ring is 1. The fraction of sp³-hybridized carbons (Fsp3) is 0.188. The van der Waals surface area contributed by atoms with E-state index in [-0.39, 0.29) is 5.91 Å². The first-order valence-corrected chi connectivity index (χ1v) is 6.35. The van der Waals surface area contributed by atoms with E-state index in [0.717, 1.165) is 17.0 Å². The number of rotatable bonds is 4. The second-order valence-electron chi connectivity index (χ2n) is 4.58. The average Bonchev–Trinajstić information content (AvgIpc) is 2.46. The van der Waals surface area contributed by atoms with E-state index >= 15 is 0 Å². The van der Waals surface area contributed by atoms with E-state index in [1.807, 2.05) is 42.5 Å². The predicted octanol–water partition coefficient (Wildman–Crippen LogP) is 2.48. The first-order chi connectivity index (χ1) is 9.60. The number of nitrogens with zero attached hydrogens (tertiary/aromatic N) is 1. The Morgan fingerprint density at radius 3 is 2.65 bits per heavy atom. The molecule has 0 unspecified atom stereocenters. The summed E-state index contributed by atoms with van der Waals surface area (Å²) < 4.78 is 5.16. The number of carbonyl (C=O) groups is 1. The highest BCUT2D eigenvalue weighted by Gasteiger charge is 2.12. The normalized spacial score (nSPS) is 10.1. The molecule has 2 rings (SSSR count). The Morgan fingerprint density at radius 2 is 1.95 bits per heavy atom. The summed E-state index contributed by atoms with van der Waals surface area (Å²) in [5.41, 5.74) is 8.10. The summed E-state index contributed by atoms with van der Waals surface area (Å²) in [6.45, 7) is 0. The van der Waals surface area contributed by atoms with Crippen LogP contribution in [-0.2, 0) is 11.2 Å². The lowest BCUT2D eigenvalue weighted by atomic mass is 10.1. The highest BCUT2D eigenvalue weighted by atomic mass is 16.5. The first-order valence-electron chi connectivity index (χ1n) is 6.35. The Morgan fingerprint density at radius 1 is 1.20 bits per heavy atom. The van der Waals surface area contributed by atoms with Gasteiger partial charge in [0.1, 0.15) is 5.75 Å². The number of nitrogens with two attached hydrogens (primary N) is 1. The molecule has 1 amide bonds. The van der Waals surface area contributed by atoms with Gasteiger partial charge in [-0.05, 0) is 29.8 Å². The number of carbonyl (C=O) groups excluding carboxylic acids is 1. The van der Waals surface area contributed by atoms with E-state index in [4.69, 9.17) is 10.5 Å². The minimum absolute atomic E-state index is 0.00357. The largest absolute Gasteiger partial charge is 0.497 e. The summed E-state index contributed by atoms with van der Waals surface area (Å²) >= 11 is 0. The fourth-order valence-corrected chi connectivity index (χ4v) is 1.96. The van der Waals surface area contributed by atoms with Gasteiger partial charge in [0.05, 0.1) is 13.5 Å². The SMILES string of the molecule is COc1cccc(N(C)C(=O)Cc2cccc(N)c2)c1. The van der Waals surface area contributed by atoms with Gasteiger partial charge >= 0.3 is 0 Å². The molecule has 20 heavy (non-hydrogen) atoms. The first kappa shape index (κ1) is 13.9. The molecule has 0 aliphatic carbocycles. The maximum absolute atomic E-state index is 12.3. The summed E-state index contributed by atoms with van der Waals surface area (Å²) in [4.78, 5) is 13.9. The Bertz CT molecular complexity index is 611. The lowest BCUT2D eigenvalue weighted by Gasteiger charge is -2.18. The number of hydrogen-bond donors (Lipinski definition) is 1. The molecule has 0 aliphatic rings. The van der Waals surface area contributed by atoms with Crippen molar-refractivity contribution in [2.75, 3.05) is 24.8 Å². The van der Waals surface area contributed by atoms with Gasteiger partial charge in [0.25, 0.3) is 0 Å². The van der Waals surface area contributed by atoms with Crippen LogP contribution in [0, 0.1) is 0 Å². The molecule has 4 nitrogen and oxygen atoms in total. The molecule has 0 spiro atoms. The van der Waals surface area contributed by atoms with E-state index < -0.39 is 0 Å². The van der Waals surface area contributed by atoms with Crippen molar-refractivity contribution in [3.05, 3.63) is 54.1 Å². The maximum Gasteiger partial charge on any atom is 0.231 e. The number of hydrogen-bond acceptors (Lipinski definition) is 3. The Kier molecular flexibility index (Phi) is 4.25. The molecule has 0 radical (unpaired) electrons. The molecule has 2 aromatic carbocycles. The minimum Gasteiger partial charge on any atom is -0.497 e. The predicted molar refractivity (Wildman–Crippen MR) is 81.0 cm³/mol. The number of likely N-dealkylation sites (N-methyl/N-ethyl adjacent to an activating group) is 1. The molecular weight excluding hydrogens is 252 g/mol. The number of anilines is 2. The van der Waals surface area contributed by atoms with Gasteiger partial charge < -0.3 is 15.4 Å². The lowest BCUT2D eigenvalue weighted by molar-refractivity contribution is -0.117. The van der Waals surface area contributed by atoms with Gasteiger partial charge in [-0.2, -0.15) is 0 Å². The van der Waals surface area contributed by atoms with Crippen LogP contribution in [0.1, 0.15) is 5.56 Å². The van der Waals surface area contributed by atoms with E-state index in [9.17, 15) is 4.79 Å². The van der Waals surface area contributed by atoms with Crippen LogP contribution in [0.25, 0.3) is 0 Å². The minimum atomic E-state index is 0.00357. The molecule has 0 aromatic heterocycles. The van der Waals surface area contributed by atoms with Gasteiger partial charge in [0.2, 0.25) is 5.91 Å². The third kappa shape index (κ3) is 3.29. The van der Waals surface area contributed by atoms with Crippen LogP contribution >= 0.6 is 0 Å². The van der Waals surface area contributed by atoms with Gasteiger partial charge in [0.15, 0.2) is 0 Å². The highest BCUT2D eigenvalue weighted by Crippen LogP contribution is 2.20. The van der Waals surface area contributed by atoms with Crippen LogP contribution in [0.3, 0.4) is 0 Å². The van der Waals surface area contributed by atoms with Crippen molar-refractivity contribution in [1.29, 1.82) is 0 Å². The number of benzene rings is 2. The van der Waals surface area contributed by atoms with Crippen LogP contribution in [0.4, 0.5) is 11.4 Å². The smallest absolute Gasteiger partial charge is 0.231 e. The van der Waals surface area contributed by atoms with Gasteiger partial charge in [-0.3, -0.25) is 4.79 Å². The zero-order chi connectivity index (χ0) is 14.5. The Labute approximate surface area is 118 Å². The summed E-state index contributed by atoms with van der Waals surface area (Å²) in [5.74, 6) is 0.731. The van der Waals surface area contributed by atoms with Gasteiger partial charge in [0, 0.05) is 24.5 Å². The van der Waals surface area contributed by atoms with Crippen molar-refractivity contribution in [3.8, 4) is 5.75 Å². The van der Waals surface area contributed by atoms with Crippen molar-refractivity contribution in [3.63, 3.8) is 0 Å².